The molecule has 23 heavy (non-hydrogen) atoms. The third kappa shape index (κ3) is 2.24. The normalized spacial score (nSPS) is 27.9. The van der Waals surface area contributed by atoms with Crippen LogP contribution in [0.4, 0.5) is 5.82 Å². The number of aromatic nitrogens is 3. The van der Waals surface area contributed by atoms with Gasteiger partial charge in [0, 0.05) is 17.8 Å². The molecular weight excluding hydrogens is 360 g/mol. The van der Waals surface area contributed by atoms with Crippen molar-refractivity contribution in [3.63, 3.8) is 0 Å². The number of hydrogen-bond acceptors (Lipinski definition) is 4. The predicted octanol–water partition coefficient (Wildman–Crippen LogP) is 3.24. The van der Waals surface area contributed by atoms with Gasteiger partial charge in [0.25, 0.3) is 0 Å². The molecule has 3 rings (SSSR count). The van der Waals surface area contributed by atoms with E-state index in [9.17, 15) is 9.90 Å². The Hall–Kier alpha value is -1.63. The van der Waals surface area contributed by atoms with Gasteiger partial charge in [0.1, 0.15) is 15.9 Å². The van der Waals surface area contributed by atoms with Crippen molar-refractivity contribution in [3.05, 3.63) is 22.8 Å². The molecule has 0 spiro atoms. The molecule has 7 heteroatoms. The molecule has 0 aliphatic heterocycles. The van der Waals surface area contributed by atoms with E-state index >= 15 is 0 Å². The Morgan fingerprint density at radius 1 is 1.48 bits per heavy atom. The first-order valence-electron chi connectivity index (χ1n) is 7.73. The van der Waals surface area contributed by atoms with E-state index in [-0.39, 0.29) is 11.3 Å². The maximum Gasteiger partial charge on any atom is 0.309 e. The van der Waals surface area contributed by atoms with Gasteiger partial charge < -0.3 is 10.8 Å². The van der Waals surface area contributed by atoms with Crippen LogP contribution in [0.15, 0.2) is 17.0 Å². The van der Waals surface area contributed by atoms with E-state index < -0.39 is 11.4 Å². The summed E-state index contributed by atoms with van der Waals surface area (Å²) in [5, 5.41) is 9.81. The van der Waals surface area contributed by atoms with Crippen molar-refractivity contribution in [3.8, 4) is 0 Å². The first kappa shape index (κ1) is 16.2. The number of anilines is 1. The maximum atomic E-state index is 11.9. The fourth-order valence-corrected chi connectivity index (χ4v) is 4.49. The van der Waals surface area contributed by atoms with E-state index in [1.807, 2.05) is 24.4 Å². The lowest BCUT2D eigenvalue weighted by Crippen LogP contribution is -2.36. The molecule has 0 bridgehead atoms. The number of nitrogens with zero attached hydrogens (tertiary/aromatic N) is 3. The van der Waals surface area contributed by atoms with Gasteiger partial charge in [-0.2, -0.15) is 0 Å². The average molecular weight is 381 g/mol. The first-order valence-corrected chi connectivity index (χ1v) is 8.52. The standard InChI is InChI=1S/C16H21BrN4O2/c1-9(2)16(14(22)23)5-4-15(3,8-16)13-20-11(17)10-12(18)19-6-7-21(10)13/h6-7,9H,4-5,8H2,1-3H3,(H2,18,19)(H,22,23). The molecule has 2 aromatic heterocycles. The summed E-state index contributed by atoms with van der Waals surface area (Å²) in [6, 6.07) is 0. The topological polar surface area (TPSA) is 93.5 Å². The van der Waals surface area contributed by atoms with Gasteiger partial charge in [0.05, 0.1) is 5.41 Å². The van der Waals surface area contributed by atoms with Crippen molar-refractivity contribution >= 4 is 33.2 Å². The van der Waals surface area contributed by atoms with Gasteiger partial charge in [-0.15, -0.1) is 0 Å². The van der Waals surface area contributed by atoms with Crippen molar-refractivity contribution < 1.29 is 9.90 Å². The van der Waals surface area contributed by atoms with Crippen LogP contribution < -0.4 is 5.73 Å². The van der Waals surface area contributed by atoms with Crippen LogP contribution in [-0.2, 0) is 10.2 Å². The van der Waals surface area contributed by atoms with Crippen LogP contribution in [0.3, 0.4) is 0 Å². The Morgan fingerprint density at radius 3 is 2.74 bits per heavy atom. The molecule has 0 amide bonds. The second-order valence-corrected chi connectivity index (χ2v) is 7.86. The molecule has 1 aliphatic carbocycles. The Balaban J connectivity index is 2.13. The molecule has 2 unspecified atom stereocenters. The van der Waals surface area contributed by atoms with E-state index in [0.717, 1.165) is 17.8 Å². The number of carboxylic acids is 1. The minimum atomic E-state index is -0.711. The summed E-state index contributed by atoms with van der Waals surface area (Å²) < 4.78 is 2.58. The summed E-state index contributed by atoms with van der Waals surface area (Å²) in [7, 11) is 0. The van der Waals surface area contributed by atoms with E-state index in [0.29, 0.717) is 23.3 Å². The number of rotatable bonds is 3. The number of hydrogen-bond donors (Lipinski definition) is 2. The Labute approximate surface area is 143 Å². The summed E-state index contributed by atoms with van der Waals surface area (Å²) in [6.07, 6.45) is 5.49. The summed E-state index contributed by atoms with van der Waals surface area (Å²) in [6.45, 7) is 6.07. The second kappa shape index (κ2) is 5.19. The molecule has 0 aromatic carbocycles. The van der Waals surface area contributed by atoms with Crippen LogP contribution in [-0.4, -0.2) is 25.4 Å². The fraction of sp³-hybridized carbons (Fsp3) is 0.562. The molecule has 0 saturated heterocycles. The number of halogens is 1. The Morgan fingerprint density at radius 2 is 2.17 bits per heavy atom. The van der Waals surface area contributed by atoms with Crippen molar-refractivity contribution in [2.75, 3.05) is 5.73 Å². The van der Waals surface area contributed by atoms with Crippen molar-refractivity contribution in [1.82, 2.24) is 14.4 Å². The number of imidazole rings is 1. The minimum Gasteiger partial charge on any atom is -0.481 e. The number of aliphatic carboxylic acids is 1. The van der Waals surface area contributed by atoms with Crippen LogP contribution in [0.1, 0.15) is 45.9 Å². The largest absolute Gasteiger partial charge is 0.481 e. The third-order valence-corrected chi connectivity index (χ3v) is 5.99. The lowest BCUT2D eigenvalue weighted by atomic mass is 9.73. The van der Waals surface area contributed by atoms with Gasteiger partial charge in [-0.05, 0) is 41.1 Å². The van der Waals surface area contributed by atoms with Crippen LogP contribution in [0, 0.1) is 11.3 Å². The lowest BCUT2D eigenvalue weighted by molar-refractivity contribution is -0.151. The second-order valence-electron chi connectivity index (χ2n) is 7.11. The molecule has 2 heterocycles. The van der Waals surface area contributed by atoms with Gasteiger partial charge in [0.15, 0.2) is 5.82 Å². The molecule has 124 valence electrons. The third-order valence-electron chi connectivity index (χ3n) is 5.44. The quantitative estimate of drug-likeness (QED) is 0.851. The molecule has 2 aromatic rings. The van der Waals surface area contributed by atoms with Crippen LogP contribution in [0.2, 0.25) is 0 Å². The minimum absolute atomic E-state index is 0.0724. The highest BCUT2D eigenvalue weighted by Crippen LogP contribution is 2.54. The fourth-order valence-electron chi connectivity index (χ4n) is 3.93. The van der Waals surface area contributed by atoms with Crippen molar-refractivity contribution in [1.29, 1.82) is 0 Å². The zero-order chi connectivity index (χ0) is 17.0. The van der Waals surface area contributed by atoms with Gasteiger partial charge in [0.2, 0.25) is 0 Å². The average Bonchev–Trinajstić information content (AvgIpc) is 3.00. The van der Waals surface area contributed by atoms with Gasteiger partial charge >= 0.3 is 5.97 Å². The molecule has 1 fully saturated rings. The zero-order valence-corrected chi connectivity index (χ0v) is 15.1. The van der Waals surface area contributed by atoms with Crippen molar-refractivity contribution in [2.45, 2.75) is 45.4 Å². The molecule has 1 saturated carbocycles. The summed E-state index contributed by atoms with van der Waals surface area (Å²) in [5.74, 6) is 0.617. The van der Waals surface area contributed by atoms with Crippen LogP contribution in [0.25, 0.3) is 5.52 Å². The molecule has 2 atom stereocenters. The number of fused-ring (bicyclic) bond motifs is 1. The summed E-state index contributed by atoms with van der Waals surface area (Å²) >= 11 is 3.46. The van der Waals surface area contributed by atoms with Gasteiger partial charge in [-0.1, -0.05) is 20.8 Å². The number of carbonyl (C=O) groups is 1. The van der Waals surface area contributed by atoms with E-state index in [1.165, 1.54) is 0 Å². The SMILES string of the molecule is CC(C)C1(C(=O)O)CCC(C)(c2nc(Br)c3c(N)nccn23)C1. The Bertz CT molecular complexity index is 788. The van der Waals surface area contributed by atoms with E-state index in [4.69, 9.17) is 5.73 Å². The Kier molecular flexibility index (Phi) is 3.66. The van der Waals surface area contributed by atoms with Crippen LogP contribution >= 0.6 is 15.9 Å². The maximum absolute atomic E-state index is 11.9. The molecule has 6 nitrogen and oxygen atoms in total. The van der Waals surface area contributed by atoms with Crippen molar-refractivity contribution in [2.24, 2.45) is 11.3 Å². The molecular formula is C16H21BrN4O2. The highest BCUT2D eigenvalue weighted by atomic mass is 79.9. The zero-order valence-electron chi connectivity index (χ0n) is 13.5. The highest BCUT2D eigenvalue weighted by Gasteiger charge is 2.54. The predicted molar refractivity (Wildman–Crippen MR) is 91.2 cm³/mol. The highest BCUT2D eigenvalue weighted by molar-refractivity contribution is 9.10. The number of carboxylic acid groups (broad SMARTS) is 1. The monoisotopic (exact) mass is 380 g/mol. The molecule has 1 aliphatic rings. The number of nitrogens with two attached hydrogens (primary N) is 1. The lowest BCUT2D eigenvalue weighted by Gasteiger charge is -2.31. The van der Waals surface area contributed by atoms with Crippen LogP contribution in [0.5, 0.6) is 0 Å². The van der Waals surface area contributed by atoms with Gasteiger partial charge in [-0.3, -0.25) is 9.20 Å². The summed E-state index contributed by atoms with van der Waals surface area (Å²) in [4.78, 5) is 20.7. The first-order chi connectivity index (χ1) is 10.7. The van der Waals surface area contributed by atoms with Gasteiger partial charge in [-0.25, -0.2) is 9.97 Å². The number of nitrogen functional groups attached to an aromatic ring is 1. The molecule has 0 radical (unpaired) electrons. The molecule has 3 N–H and O–H groups in total. The smallest absolute Gasteiger partial charge is 0.309 e. The summed E-state index contributed by atoms with van der Waals surface area (Å²) in [5.41, 5.74) is 5.69. The van der Waals surface area contributed by atoms with E-state index in [2.05, 4.69) is 32.8 Å². The van der Waals surface area contributed by atoms with E-state index in [1.54, 1.807) is 6.20 Å².